The van der Waals surface area contributed by atoms with Crippen molar-refractivity contribution in [3.05, 3.63) is 35.9 Å². The van der Waals surface area contributed by atoms with E-state index in [1.54, 1.807) is 18.2 Å². The zero-order valence-corrected chi connectivity index (χ0v) is 15.1. The number of carbonyl (C=O) groups excluding carboxylic acids is 1. The molecule has 1 fully saturated rings. The Labute approximate surface area is 145 Å². The standard InChI is InChI=1S/C20H30N2O2/c1-16-4-9-18(10-5-16)22(15-14-21(2)3)20(24)13-8-17-6-11-19(23)12-7-17/h6-8,11-13,16,18,23H,4-5,9-10,14-15H2,1-3H3/t16-,18-. The normalized spacial score (nSPS) is 21.3. The Balaban J connectivity index is 2.04. The van der Waals surface area contributed by atoms with E-state index in [0.29, 0.717) is 6.04 Å². The van der Waals surface area contributed by atoms with Crippen molar-refractivity contribution in [1.29, 1.82) is 0 Å². The predicted octanol–water partition coefficient (Wildman–Crippen LogP) is 3.37. The molecule has 0 bridgehead atoms. The van der Waals surface area contributed by atoms with Gasteiger partial charge in [0.1, 0.15) is 5.75 Å². The molecule has 1 aromatic rings. The molecule has 4 heteroatoms. The molecular formula is C20H30N2O2. The van der Waals surface area contributed by atoms with Crippen LogP contribution in [0.2, 0.25) is 0 Å². The van der Waals surface area contributed by atoms with Gasteiger partial charge in [0.05, 0.1) is 0 Å². The molecule has 1 aromatic carbocycles. The van der Waals surface area contributed by atoms with E-state index in [1.165, 1.54) is 12.8 Å². The van der Waals surface area contributed by atoms with Gasteiger partial charge in [-0.05, 0) is 69.5 Å². The highest BCUT2D eigenvalue weighted by molar-refractivity contribution is 5.92. The lowest BCUT2D eigenvalue weighted by molar-refractivity contribution is -0.129. The van der Waals surface area contributed by atoms with Crippen LogP contribution in [-0.4, -0.2) is 54.0 Å². The Bertz CT molecular complexity index is 543. The number of aromatic hydroxyl groups is 1. The Morgan fingerprint density at radius 1 is 1.12 bits per heavy atom. The van der Waals surface area contributed by atoms with E-state index in [-0.39, 0.29) is 11.7 Å². The summed E-state index contributed by atoms with van der Waals surface area (Å²) < 4.78 is 0. The van der Waals surface area contributed by atoms with Gasteiger partial charge in [-0.15, -0.1) is 0 Å². The van der Waals surface area contributed by atoms with Crippen LogP contribution in [0.3, 0.4) is 0 Å². The molecule has 0 saturated heterocycles. The molecule has 132 valence electrons. The van der Waals surface area contributed by atoms with Crippen LogP contribution in [0.1, 0.15) is 38.2 Å². The highest BCUT2D eigenvalue weighted by atomic mass is 16.3. The van der Waals surface area contributed by atoms with E-state index in [0.717, 1.165) is 37.4 Å². The fourth-order valence-corrected chi connectivity index (χ4v) is 3.18. The third kappa shape index (κ3) is 5.68. The average molecular weight is 330 g/mol. The molecule has 4 nitrogen and oxygen atoms in total. The molecule has 1 aliphatic rings. The van der Waals surface area contributed by atoms with Crippen LogP contribution >= 0.6 is 0 Å². The van der Waals surface area contributed by atoms with Crippen molar-refractivity contribution in [1.82, 2.24) is 9.80 Å². The maximum atomic E-state index is 12.7. The lowest BCUT2D eigenvalue weighted by atomic mass is 9.86. The first-order valence-electron chi connectivity index (χ1n) is 8.88. The van der Waals surface area contributed by atoms with Crippen molar-refractivity contribution >= 4 is 12.0 Å². The van der Waals surface area contributed by atoms with Crippen molar-refractivity contribution in [2.45, 2.75) is 38.6 Å². The summed E-state index contributed by atoms with van der Waals surface area (Å²) in [5, 5.41) is 9.33. The maximum Gasteiger partial charge on any atom is 0.246 e. The van der Waals surface area contributed by atoms with Crippen molar-refractivity contribution in [3.8, 4) is 5.75 Å². The molecular weight excluding hydrogens is 300 g/mol. The van der Waals surface area contributed by atoms with E-state index < -0.39 is 0 Å². The first-order chi connectivity index (χ1) is 11.5. The number of carbonyl (C=O) groups is 1. The third-order valence-electron chi connectivity index (χ3n) is 4.81. The summed E-state index contributed by atoms with van der Waals surface area (Å²) in [4.78, 5) is 16.9. The molecule has 0 radical (unpaired) electrons. The molecule has 2 rings (SSSR count). The molecule has 24 heavy (non-hydrogen) atoms. The number of nitrogens with zero attached hydrogens (tertiary/aromatic N) is 2. The first kappa shape index (κ1) is 18.5. The van der Waals surface area contributed by atoms with Crippen LogP contribution in [0.4, 0.5) is 0 Å². The minimum Gasteiger partial charge on any atom is -0.508 e. The second kappa shape index (κ2) is 8.88. The van der Waals surface area contributed by atoms with E-state index >= 15 is 0 Å². The summed E-state index contributed by atoms with van der Waals surface area (Å²) in [5.41, 5.74) is 0.922. The molecule has 1 amide bonds. The van der Waals surface area contributed by atoms with Gasteiger partial charge in [-0.25, -0.2) is 0 Å². The van der Waals surface area contributed by atoms with Crippen LogP contribution in [-0.2, 0) is 4.79 Å². The molecule has 0 heterocycles. The summed E-state index contributed by atoms with van der Waals surface area (Å²) >= 11 is 0. The van der Waals surface area contributed by atoms with Crippen LogP contribution in [0.15, 0.2) is 30.3 Å². The van der Waals surface area contributed by atoms with Gasteiger partial charge >= 0.3 is 0 Å². The second-order valence-corrected chi connectivity index (χ2v) is 7.17. The van der Waals surface area contributed by atoms with Crippen molar-refractivity contribution in [3.63, 3.8) is 0 Å². The summed E-state index contributed by atoms with van der Waals surface area (Å²) in [6, 6.07) is 7.25. The van der Waals surface area contributed by atoms with Gasteiger partial charge in [0.15, 0.2) is 0 Å². The highest BCUT2D eigenvalue weighted by Crippen LogP contribution is 2.27. The lowest BCUT2D eigenvalue weighted by Crippen LogP contribution is -2.44. The number of hydrogen-bond acceptors (Lipinski definition) is 3. The highest BCUT2D eigenvalue weighted by Gasteiger charge is 2.26. The van der Waals surface area contributed by atoms with Gasteiger partial charge in [0, 0.05) is 25.2 Å². The van der Waals surface area contributed by atoms with E-state index in [2.05, 4.69) is 11.8 Å². The fraction of sp³-hybridized carbons (Fsp3) is 0.550. The zero-order chi connectivity index (χ0) is 17.5. The number of hydrogen-bond donors (Lipinski definition) is 1. The summed E-state index contributed by atoms with van der Waals surface area (Å²) in [7, 11) is 4.08. The second-order valence-electron chi connectivity index (χ2n) is 7.17. The molecule has 0 spiro atoms. The van der Waals surface area contributed by atoms with Gasteiger partial charge in [-0.1, -0.05) is 19.1 Å². The van der Waals surface area contributed by atoms with Gasteiger partial charge in [-0.3, -0.25) is 4.79 Å². The number of benzene rings is 1. The number of likely N-dealkylation sites (N-methyl/N-ethyl adjacent to an activating group) is 1. The minimum atomic E-state index is 0.0875. The smallest absolute Gasteiger partial charge is 0.246 e. The Morgan fingerprint density at radius 3 is 2.33 bits per heavy atom. The molecule has 0 unspecified atom stereocenters. The quantitative estimate of drug-likeness (QED) is 0.813. The van der Waals surface area contributed by atoms with Crippen LogP contribution in [0.25, 0.3) is 6.08 Å². The summed E-state index contributed by atoms with van der Waals surface area (Å²) in [6.07, 6.45) is 8.12. The molecule has 0 atom stereocenters. The predicted molar refractivity (Wildman–Crippen MR) is 98.8 cm³/mol. The topological polar surface area (TPSA) is 43.8 Å². The summed E-state index contributed by atoms with van der Waals surface area (Å²) in [5.74, 6) is 1.10. The summed E-state index contributed by atoms with van der Waals surface area (Å²) in [6.45, 7) is 3.95. The SMILES string of the molecule is CN(C)CCN(C(=O)C=Cc1ccc(O)cc1)[C@H]1CC[C@H](C)CC1. The van der Waals surface area contributed by atoms with Gasteiger partial charge < -0.3 is 14.9 Å². The molecule has 1 N–H and O–H groups in total. The van der Waals surface area contributed by atoms with Crippen molar-refractivity contribution < 1.29 is 9.90 Å². The van der Waals surface area contributed by atoms with E-state index in [1.807, 2.05) is 37.2 Å². The number of phenolic OH excluding ortho intramolecular Hbond substituents is 1. The van der Waals surface area contributed by atoms with Crippen LogP contribution < -0.4 is 0 Å². The van der Waals surface area contributed by atoms with E-state index in [9.17, 15) is 9.90 Å². The Morgan fingerprint density at radius 2 is 1.75 bits per heavy atom. The average Bonchev–Trinajstić information content (AvgIpc) is 2.56. The van der Waals surface area contributed by atoms with Crippen LogP contribution in [0, 0.1) is 5.92 Å². The molecule has 0 aromatic heterocycles. The fourth-order valence-electron chi connectivity index (χ4n) is 3.18. The number of rotatable bonds is 6. The van der Waals surface area contributed by atoms with Crippen molar-refractivity contribution in [2.24, 2.45) is 5.92 Å². The monoisotopic (exact) mass is 330 g/mol. The minimum absolute atomic E-state index is 0.0875. The zero-order valence-electron chi connectivity index (χ0n) is 15.1. The third-order valence-corrected chi connectivity index (χ3v) is 4.81. The van der Waals surface area contributed by atoms with Crippen molar-refractivity contribution in [2.75, 3.05) is 27.2 Å². The Kier molecular flexibility index (Phi) is 6.85. The lowest BCUT2D eigenvalue weighted by Gasteiger charge is -2.36. The van der Waals surface area contributed by atoms with Gasteiger partial charge in [0.25, 0.3) is 0 Å². The molecule has 1 saturated carbocycles. The Hall–Kier alpha value is -1.81. The van der Waals surface area contributed by atoms with Gasteiger partial charge in [0.2, 0.25) is 5.91 Å². The first-order valence-corrected chi connectivity index (χ1v) is 8.88. The number of amides is 1. The largest absolute Gasteiger partial charge is 0.508 e. The maximum absolute atomic E-state index is 12.7. The van der Waals surface area contributed by atoms with Crippen LogP contribution in [0.5, 0.6) is 5.75 Å². The van der Waals surface area contributed by atoms with Gasteiger partial charge in [-0.2, -0.15) is 0 Å². The molecule has 1 aliphatic carbocycles. The van der Waals surface area contributed by atoms with E-state index in [4.69, 9.17) is 0 Å². The molecule has 0 aliphatic heterocycles. The number of phenols is 1.